The Morgan fingerprint density at radius 2 is 1.65 bits per heavy atom. The lowest BCUT2D eigenvalue weighted by atomic mass is 9.82. The summed E-state index contributed by atoms with van der Waals surface area (Å²) in [4.78, 5) is 25.5. The van der Waals surface area contributed by atoms with Gasteiger partial charge in [-0.05, 0) is 84.4 Å². The Hall–Kier alpha value is -2.97. The number of nitrogens with zero attached hydrogens (tertiary/aromatic N) is 3. The monoisotopic (exact) mass is 565 g/mol. The number of thiazole rings is 1. The minimum absolute atomic E-state index is 0.246. The van der Waals surface area contributed by atoms with Gasteiger partial charge in [0, 0.05) is 35.6 Å². The van der Waals surface area contributed by atoms with E-state index in [9.17, 15) is 9.90 Å². The van der Waals surface area contributed by atoms with E-state index in [4.69, 9.17) is 14.5 Å². The Labute approximate surface area is 242 Å². The Kier molecular flexibility index (Phi) is 8.62. The molecule has 0 aliphatic carbocycles. The first-order valence-electron chi connectivity index (χ1n) is 14.0. The normalized spacial score (nSPS) is 16.2. The topological polar surface area (TPSA) is 84.8 Å². The van der Waals surface area contributed by atoms with Crippen LogP contribution in [0, 0.1) is 33.1 Å². The smallest absolute Gasteiger partial charge is 0.337 e. The number of pyridine rings is 1. The average Bonchev–Trinajstić information content (AvgIpc) is 3.17. The highest BCUT2D eigenvalue weighted by Gasteiger charge is 2.36. The summed E-state index contributed by atoms with van der Waals surface area (Å²) in [6, 6.07) is 8.03. The van der Waals surface area contributed by atoms with Crippen LogP contribution in [0.4, 0.5) is 5.69 Å². The van der Waals surface area contributed by atoms with E-state index in [0.29, 0.717) is 17.9 Å². The summed E-state index contributed by atoms with van der Waals surface area (Å²) in [5, 5.41) is 11.4. The molecule has 7 nitrogen and oxygen atoms in total. The zero-order valence-corrected chi connectivity index (χ0v) is 26.2. The second-order valence-electron chi connectivity index (χ2n) is 12.6. The first-order chi connectivity index (χ1) is 18.6. The van der Waals surface area contributed by atoms with Crippen molar-refractivity contribution in [1.82, 2.24) is 9.97 Å². The fourth-order valence-electron chi connectivity index (χ4n) is 5.33. The van der Waals surface area contributed by atoms with Crippen LogP contribution in [0.25, 0.3) is 11.1 Å². The fourth-order valence-corrected chi connectivity index (χ4v) is 6.18. The molecule has 0 radical (unpaired) electrons. The van der Waals surface area contributed by atoms with E-state index in [1.54, 1.807) is 11.3 Å². The molecule has 40 heavy (non-hydrogen) atoms. The van der Waals surface area contributed by atoms with Crippen LogP contribution in [0.1, 0.15) is 86.1 Å². The van der Waals surface area contributed by atoms with Gasteiger partial charge in [0.1, 0.15) is 12.4 Å². The number of carbonyl (C=O) groups is 1. The van der Waals surface area contributed by atoms with Gasteiger partial charge in [0.05, 0.1) is 26.9 Å². The zero-order chi connectivity index (χ0) is 29.4. The van der Waals surface area contributed by atoms with Gasteiger partial charge in [-0.15, -0.1) is 11.3 Å². The number of aromatic nitrogens is 2. The molecule has 4 rings (SSSR count). The molecule has 1 N–H and O–H groups in total. The number of hydrogen-bond acceptors (Lipinski definition) is 7. The number of carboxylic acid groups (broad SMARTS) is 1. The summed E-state index contributed by atoms with van der Waals surface area (Å²) in [5.74, 6) is -0.238. The van der Waals surface area contributed by atoms with Crippen LogP contribution in [-0.4, -0.2) is 39.7 Å². The molecule has 0 amide bonds. The van der Waals surface area contributed by atoms with Gasteiger partial charge < -0.3 is 19.5 Å². The van der Waals surface area contributed by atoms with Gasteiger partial charge in [-0.25, -0.2) is 9.78 Å². The molecule has 0 bridgehead atoms. The maximum atomic E-state index is 12.7. The van der Waals surface area contributed by atoms with Crippen LogP contribution in [0.5, 0.6) is 5.75 Å². The molecule has 1 aromatic carbocycles. The summed E-state index contributed by atoms with van der Waals surface area (Å²) in [7, 11) is 0. The van der Waals surface area contributed by atoms with E-state index in [2.05, 4.69) is 23.7 Å². The number of anilines is 1. The fraction of sp³-hybridized carbons (Fsp3) is 0.531. The van der Waals surface area contributed by atoms with Crippen molar-refractivity contribution in [1.29, 1.82) is 0 Å². The number of ether oxygens (including phenoxy) is 2. The molecule has 0 saturated carbocycles. The van der Waals surface area contributed by atoms with Crippen LogP contribution < -0.4 is 9.64 Å². The van der Waals surface area contributed by atoms with Crippen molar-refractivity contribution in [2.24, 2.45) is 5.41 Å². The number of rotatable bonds is 8. The minimum atomic E-state index is -1.13. The molecule has 2 aromatic heterocycles. The highest BCUT2D eigenvalue weighted by Crippen LogP contribution is 2.45. The number of carboxylic acids is 1. The van der Waals surface area contributed by atoms with Crippen molar-refractivity contribution in [3.63, 3.8) is 0 Å². The van der Waals surface area contributed by atoms with Crippen LogP contribution in [-0.2, 0) is 16.1 Å². The molecule has 1 atom stereocenters. The molecule has 0 spiro atoms. The Balaban J connectivity index is 1.79. The third-order valence-electron chi connectivity index (χ3n) is 7.48. The van der Waals surface area contributed by atoms with Crippen LogP contribution in [0.15, 0.2) is 24.3 Å². The van der Waals surface area contributed by atoms with Gasteiger partial charge in [0.25, 0.3) is 0 Å². The number of aryl methyl sites for hydroxylation is 4. The standard InChI is InChI=1S/C32H43N3O4S/c1-19-25(40-22(4)34-19)18-38-24-12-10-23(11-13-24)26-20(2)33-21(3)27(29(30(36)37)39-31(5,6)7)28(26)35-16-14-32(8,9)15-17-35/h10-13,29H,14-18H2,1-9H3,(H,36,37). The van der Waals surface area contributed by atoms with Crippen LogP contribution in [0.2, 0.25) is 0 Å². The van der Waals surface area contributed by atoms with E-state index in [1.807, 2.05) is 72.7 Å². The largest absolute Gasteiger partial charge is 0.488 e. The summed E-state index contributed by atoms with van der Waals surface area (Å²) in [6.07, 6.45) is 0.909. The predicted octanol–water partition coefficient (Wildman–Crippen LogP) is 7.58. The van der Waals surface area contributed by atoms with Crippen LogP contribution >= 0.6 is 11.3 Å². The molecule has 1 aliphatic heterocycles. The van der Waals surface area contributed by atoms with Crippen molar-refractivity contribution < 1.29 is 19.4 Å². The third kappa shape index (κ3) is 6.84. The quantitative estimate of drug-likeness (QED) is 0.301. The molecule has 1 aliphatic rings. The molecule has 3 aromatic rings. The average molecular weight is 566 g/mol. The number of hydrogen-bond donors (Lipinski definition) is 1. The first-order valence-corrected chi connectivity index (χ1v) is 14.8. The number of aliphatic carboxylic acids is 1. The first kappa shape index (κ1) is 30.0. The van der Waals surface area contributed by atoms with Gasteiger partial charge in [0.2, 0.25) is 0 Å². The Morgan fingerprint density at radius 3 is 2.17 bits per heavy atom. The summed E-state index contributed by atoms with van der Waals surface area (Å²) < 4.78 is 12.3. The van der Waals surface area contributed by atoms with E-state index >= 15 is 0 Å². The third-order valence-corrected chi connectivity index (χ3v) is 8.53. The molecule has 8 heteroatoms. The van der Waals surface area contributed by atoms with Gasteiger partial charge >= 0.3 is 5.97 Å². The second kappa shape index (κ2) is 11.5. The maximum Gasteiger partial charge on any atom is 0.337 e. The van der Waals surface area contributed by atoms with Crippen molar-refractivity contribution >= 4 is 23.0 Å². The summed E-state index contributed by atoms with van der Waals surface area (Å²) in [6.45, 7) is 20.3. The molecule has 3 heterocycles. The van der Waals surface area contributed by atoms with Crippen molar-refractivity contribution in [2.45, 2.75) is 93.5 Å². The molecule has 1 saturated heterocycles. The summed E-state index contributed by atoms with van der Waals surface area (Å²) in [5.41, 5.74) is 5.64. The highest BCUT2D eigenvalue weighted by molar-refractivity contribution is 7.11. The van der Waals surface area contributed by atoms with E-state index in [0.717, 1.165) is 69.8 Å². The minimum Gasteiger partial charge on any atom is -0.488 e. The Bertz CT molecular complexity index is 1360. The zero-order valence-electron chi connectivity index (χ0n) is 25.3. The van der Waals surface area contributed by atoms with Gasteiger partial charge in [-0.2, -0.15) is 0 Å². The second-order valence-corrected chi connectivity index (χ2v) is 13.9. The predicted molar refractivity (Wildman–Crippen MR) is 162 cm³/mol. The summed E-state index contributed by atoms with van der Waals surface area (Å²) >= 11 is 1.66. The molecule has 1 fully saturated rings. The molecular weight excluding hydrogens is 522 g/mol. The van der Waals surface area contributed by atoms with Gasteiger partial charge in [0.15, 0.2) is 6.10 Å². The molecule has 1 unspecified atom stereocenters. The van der Waals surface area contributed by atoms with Gasteiger partial charge in [-0.3, -0.25) is 4.98 Å². The van der Waals surface area contributed by atoms with E-state index in [-0.39, 0.29) is 5.41 Å². The number of benzene rings is 1. The van der Waals surface area contributed by atoms with E-state index in [1.165, 1.54) is 0 Å². The van der Waals surface area contributed by atoms with Crippen molar-refractivity contribution in [2.75, 3.05) is 18.0 Å². The van der Waals surface area contributed by atoms with E-state index < -0.39 is 17.7 Å². The molecular formula is C32H43N3O4S. The van der Waals surface area contributed by atoms with Crippen molar-refractivity contribution in [3.8, 4) is 16.9 Å². The maximum absolute atomic E-state index is 12.7. The highest BCUT2D eigenvalue weighted by atomic mass is 32.1. The lowest BCUT2D eigenvalue weighted by molar-refractivity contribution is -0.160. The SMILES string of the molecule is Cc1nc(C)c(COc2ccc(-c3c(C)nc(C)c(C(OC(C)(C)C)C(=O)O)c3N3CCC(C)(C)CC3)cc2)s1. The number of piperidine rings is 1. The van der Waals surface area contributed by atoms with Gasteiger partial charge in [-0.1, -0.05) is 26.0 Å². The van der Waals surface area contributed by atoms with Crippen LogP contribution in [0.3, 0.4) is 0 Å². The van der Waals surface area contributed by atoms with Crippen molar-refractivity contribution in [3.05, 3.63) is 56.8 Å². The Morgan fingerprint density at radius 1 is 1.02 bits per heavy atom. The lowest BCUT2D eigenvalue weighted by Gasteiger charge is -2.41. The molecule has 216 valence electrons. The lowest BCUT2D eigenvalue weighted by Crippen LogP contribution is -2.39.